The standard InChI is InChI=1S/C18H24F3N3O/c1-5-9-15(22-11-6-2)16(18(19,20)21)17(25-4)24-13(3)14-10-7-8-12-23-14/h7-10,12,22H,5-6,11H2,1-4H3/b15-9-,17-16-,24-13?. The highest BCUT2D eigenvalue weighted by Gasteiger charge is 2.40. The van der Waals surface area contributed by atoms with Gasteiger partial charge in [-0.3, -0.25) is 4.98 Å². The Kier molecular flexibility index (Phi) is 8.18. The van der Waals surface area contributed by atoms with Crippen molar-refractivity contribution in [2.75, 3.05) is 13.7 Å². The summed E-state index contributed by atoms with van der Waals surface area (Å²) in [5.74, 6) is -0.487. The number of aliphatic imine (C=N–C) groups is 1. The summed E-state index contributed by atoms with van der Waals surface area (Å²) in [4.78, 5) is 8.15. The van der Waals surface area contributed by atoms with Gasteiger partial charge < -0.3 is 10.1 Å². The minimum absolute atomic E-state index is 0.0220. The van der Waals surface area contributed by atoms with Gasteiger partial charge in [0, 0.05) is 18.4 Å². The van der Waals surface area contributed by atoms with Crippen molar-refractivity contribution in [1.29, 1.82) is 0 Å². The van der Waals surface area contributed by atoms with Gasteiger partial charge in [0.2, 0.25) is 5.88 Å². The fourth-order valence-corrected chi connectivity index (χ4v) is 2.11. The van der Waals surface area contributed by atoms with E-state index < -0.39 is 17.6 Å². The molecular weight excluding hydrogens is 331 g/mol. The second-order valence-electron chi connectivity index (χ2n) is 5.25. The zero-order chi connectivity index (χ0) is 18.9. The van der Waals surface area contributed by atoms with Crippen LogP contribution in [0.2, 0.25) is 0 Å². The van der Waals surface area contributed by atoms with Gasteiger partial charge in [-0.2, -0.15) is 13.2 Å². The summed E-state index contributed by atoms with van der Waals surface area (Å²) in [6, 6.07) is 5.15. The van der Waals surface area contributed by atoms with Crippen LogP contribution in [0.5, 0.6) is 0 Å². The van der Waals surface area contributed by atoms with Gasteiger partial charge in [0.1, 0.15) is 5.57 Å². The molecule has 0 aliphatic heterocycles. The van der Waals surface area contributed by atoms with Crippen molar-refractivity contribution in [2.24, 2.45) is 4.99 Å². The molecule has 0 saturated heterocycles. The molecule has 7 heteroatoms. The zero-order valence-electron chi connectivity index (χ0n) is 14.9. The van der Waals surface area contributed by atoms with E-state index in [1.807, 2.05) is 6.92 Å². The highest BCUT2D eigenvalue weighted by molar-refractivity contribution is 5.97. The van der Waals surface area contributed by atoms with Crippen LogP contribution in [0.1, 0.15) is 39.3 Å². The van der Waals surface area contributed by atoms with Crippen LogP contribution in [0.15, 0.2) is 52.6 Å². The van der Waals surface area contributed by atoms with Crippen molar-refractivity contribution in [3.8, 4) is 0 Å². The Labute approximate surface area is 146 Å². The first kappa shape index (κ1) is 20.7. The van der Waals surface area contributed by atoms with E-state index in [-0.39, 0.29) is 5.70 Å². The predicted octanol–water partition coefficient (Wildman–Crippen LogP) is 4.60. The van der Waals surface area contributed by atoms with E-state index in [4.69, 9.17) is 4.74 Å². The maximum Gasteiger partial charge on any atom is 0.423 e. The van der Waals surface area contributed by atoms with Crippen LogP contribution in [0.25, 0.3) is 0 Å². The van der Waals surface area contributed by atoms with Gasteiger partial charge in [-0.25, -0.2) is 4.99 Å². The molecule has 1 heterocycles. The summed E-state index contributed by atoms with van der Waals surface area (Å²) in [5.41, 5.74) is -0.112. The fourth-order valence-electron chi connectivity index (χ4n) is 2.11. The van der Waals surface area contributed by atoms with E-state index in [9.17, 15) is 13.2 Å². The lowest BCUT2D eigenvalue weighted by molar-refractivity contribution is -0.0931. The number of pyridine rings is 1. The van der Waals surface area contributed by atoms with Crippen molar-refractivity contribution in [3.05, 3.63) is 53.3 Å². The topological polar surface area (TPSA) is 46.5 Å². The lowest BCUT2D eigenvalue weighted by Gasteiger charge is -2.19. The van der Waals surface area contributed by atoms with Crippen LogP contribution < -0.4 is 5.32 Å². The number of ether oxygens (including phenoxy) is 1. The van der Waals surface area contributed by atoms with Gasteiger partial charge in [-0.15, -0.1) is 0 Å². The van der Waals surface area contributed by atoms with Gasteiger partial charge in [0.25, 0.3) is 0 Å². The first-order chi connectivity index (χ1) is 11.8. The Morgan fingerprint density at radius 3 is 2.52 bits per heavy atom. The van der Waals surface area contributed by atoms with E-state index in [1.165, 1.54) is 13.2 Å². The Morgan fingerprint density at radius 1 is 1.32 bits per heavy atom. The molecule has 0 amide bonds. The highest BCUT2D eigenvalue weighted by Crippen LogP contribution is 2.34. The van der Waals surface area contributed by atoms with E-state index >= 15 is 0 Å². The number of rotatable bonds is 8. The normalized spacial score (nSPS) is 14.2. The molecule has 0 aromatic carbocycles. The lowest BCUT2D eigenvalue weighted by Crippen LogP contribution is -2.26. The molecule has 138 valence electrons. The number of nitrogens with zero attached hydrogens (tertiary/aromatic N) is 2. The summed E-state index contributed by atoms with van der Waals surface area (Å²) in [6.45, 7) is 5.67. The highest BCUT2D eigenvalue weighted by atomic mass is 19.4. The number of hydrogen-bond donors (Lipinski definition) is 1. The van der Waals surface area contributed by atoms with E-state index in [0.717, 1.165) is 0 Å². The van der Waals surface area contributed by atoms with Crippen LogP contribution in [0.4, 0.5) is 13.2 Å². The molecule has 0 atom stereocenters. The fraction of sp³-hybridized carbons (Fsp3) is 0.444. The van der Waals surface area contributed by atoms with Gasteiger partial charge in [0.15, 0.2) is 0 Å². The van der Waals surface area contributed by atoms with Crippen LogP contribution in [-0.4, -0.2) is 30.5 Å². The third-order valence-electron chi connectivity index (χ3n) is 3.24. The van der Waals surface area contributed by atoms with E-state index in [1.54, 1.807) is 38.2 Å². The zero-order valence-corrected chi connectivity index (χ0v) is 14.9. The van der Waals surface area contributed by atoms with Gasteiger partial charge in [0.05, 0.1) is 18.5 Å². The molecule has 0 radical (unpaired) electrons. The number of alkyl halides is 3. The minimum atomic E-state index is -4.61. The van der Waals surface area contributed by atoms with Crippen molar-refractivity contribution in [2.45, 2.75) is 39.8 Å². The van der Waals surface area contributed by atoms with Crippen LogP contribution in [-0.2, 0) is 4.74 Å². The molecule has 1 N–H and O–H groups in total. The maximum absolute atomic E-state index is 13.7. The second kappa shape index (κ2) is 9.86. The molecule has 0 bridgehead atoms. The second-order valence-corrected chi connectivity index (χ2v) is 5.25. The number of methoxy groups -OCH3 is 1. The number of nitrogens with one attached hydrogen (secondary N) is 1. The average molecular weight is 355 g/mol. The van der Waals surface area contributed by atoms with Crippen molar-refractivity contribution >= 4 is 5.71 Å². The van der Waals surface area contributed by atoms with Crippen LogP contribution in [0.3, 0.4) is 0 Å². The molecule has 1 aromatic heterocycles. The SMILES string of the molecule is CC/C=C(NCCC)/C(=C(\N=C(C)c1ccccn1)OC)C(F)(F)F. The number of halogens is 3. The summed E-state index contributed by atoms with van der Waals surface area (Å²) >= 11 is 0. The summed E-state index contributed by atoms with van der Waals surface area (Å²) in [5, 5.41) is 2.82. The van der Waals surface area contributed by atoms with Crippen molar-refractivity contribution in [3.63, 3.8) is 0 Å². The molecule has 0 unspecified atom stereocenters. The molecule has 25 heavy (non-hydrogen) atoms. The molecular formula is C18H24F3N3O. The molecule has 0 saturated carbocycles. The molecule has 0 spiro atoms. The quantitative estimate of drug-likeness (QED) is 0.421. The minimum Gasteiger partial charge on any atom is -0.480 e. The summed E-state index contributed by atoms with van der Waals surface area (Å²) in [7, 11) is 1.18. The van der Waals surface area contributed by atoms with Crippen LogP contribution >= 0.6 is 0 Å². The third-order valence-corrected chi connectivity index (χ3v) is 3.24. The monoisotopic (exact) mass is 355 g/mol. The molecule has 1 aromatic rings. The van der Waals surface area contributed by atoms with E-state index in [0.29, 0.717) is 30.8 Å². The molecule has 4 nitrogen and oxygen atoms in total. The first-order valence-corrected chi connectivity index (χ1v) is 8.11. The number of hydrogen-bond acceptors (Lipinski definition) is 4. The van der Waals surface area contributed by atoms with Crippen LogP contribution in [0, 0.1) is 0 Å². The predicted molar refractivity (Wildman–Crippen MR) is 93.2 cm³/mol. The Bertz CT molecular complexity index is 635. The van der Waals surface area contributed by atoms with Gasteiger partial charge >= 0.3 is 6.18 Å². The Hall–Kier alpha value is -2.31. The molecule has 0 aliphatic carbocycles. The Morgan fingerprint density at radius 2 is 2.04 bits per heavy atom. The number of aromatic nitrogens is 1. The van der Waals surface area contributed by atoms with Crippen molar-refractivity contribution < 1.29 is 17.9 Å². The average Bonchev–Trinajstić information content (AvgIpc) is 2.58. The number of allylic oxidation sites excluding steroid dienone is 2. The molecule has 0 aliphatic rings. The molecule has 1 rings (SSSR count). The van der Waals surface area contributed by atoms with E-state index in [2.05, 4.69) is 15.3 Å². The summed E-state index contributed by atoms with van der Waals surface area (Å²) < 4.78 is 46.1. The lowest BCUT2D eigenvalue weighted by atomic mass is 10.1. The maximum atomic E-state index is 13.7. The van der Waals surface area contributed by atoms with Gasteiger partial charge in [-0.1, -0.05) is 26.0 Å². The smallest absolute Gasteiger partial charge is 0.423 e. The Balaban J connectivity index is 3.47. The van der Waals surface area contributed by atoms with Gasteiger partial charge in [-0.05, 0) is 31.9 Å². The molecule has 0 fully saturated rings. The third kappa shape index (κ3) is 6.25. The first-order valence-electron chi connectivity index (χ1n) is 8.11. The van der Waals surface area contributed by atoms with Crippen molar-refractivity contribution in [1.82, 2.24) is 10.3 Å². The largest absolute Gasteiger partial charge is 0.480 e. The summed E-state index contributed by atoms with van der Waals surface area (Å²) in [6.07, 6.45) is -0.416.